The van der Waals surface area contributed by atoms with Crippen molar-refractivity contribution in [3.8, 4) is 5.75 Å². The van der Waals surface area contributed by atoms with E-state index in [1.165, 1.54) is 12.8 Å². The molecule has 6 heteroatoms. The molecule has 0 amide bonds. The molecule has 1 aliphatic rings. The Balaban J connectivity index is 1.87. The number of halogens is 1. The summed E-state index contributed by atoms with van der Waals surface area (Å²) in [6.07, 6.45) is 2.93. The fourth-order valence-electron chi connectivity index (χ4n) is 1.98. The summed E-state index contributed by atoms with van der Waals surface area (Å²) in [5.74, 6) is 1.09. The van der Waals surface area contributed by atoms with Crippen LogP contribution in [0.2, 0.25) is 5.02 Å². The number of rotatable bonds is 9. The normalized spacial score (nSPS) is 15.1. The van der Waals surface area contributed by atoms with Crippen molar-refractivity contribution < 1.29 is 13.2 Å². The molecular weight excluding hydrogens is 310 g/mol. The second-order valence-electron chi connectivity index (χ2n) is 5.31. The molecule has 0 saturated heterocycles. The molecule has 0 atom stereocenters. The molecule has 1 aromatic carbocycles. The standard InChI is InChI=1S/C15H22ClNO3S/c1-2-21(18,19)10-4-9-20-15-6-3-5-14(16)13(15)11-17-12-7-8-12/h3,5-6,12,17H,2,4,7-11H2,1H3. The summed E-state index contributed by atoms with van der Waals surface area (Å²) in [6.45, 7) is 2.73. The third kappa shape index (κ3) is 5.49. The summed E-state index contributed by atoms with van der Waals surface area (Å²) < 4.78 is 28.6. The molecule has 1 aliphatic carbocycles. The van der Waals surface area contributed by atoms with Crippen LogP contribution in [0.5, 0.6) is 5.75 Å². The van der Waals surface area contributed by atoms with Crippen LogP contribution in [0.25, 0.3) is 0 Å². The van der Waals surface area contributed by atoms with Crippen molar-refractivity contribution in [2.75, 3.05) is 18.1 Å². The zero-order valence-electron chi connectivity index (χ0n) is 12.3. The van der Waals surface area contributed by atoms with E-state index in [1.54, 1.807) is 6.92 Å². The van der Waals surface area contributed by atoms with E-state index in [0.717, 1.165) is 11.3 Å². The summed E-state index contributed by atoms with van der Waals surface area (Å²) in [4.78, 5) is 0. The zero-order valence-corrected chi connectivity index (χ0v) is 13.8. The first-order valence-corrected chi connectivity index (χ1v) is 9.56. The number of sulfone groups is 1. The average Bonchev–Trinajstić information content (AvgIpc) is 3.27. The third-order valence-corrected chi connectivity index (χ3v) is 5.66. The van der Waals surface area contributed by atoms with Crippen LogP contribution in [0.3, 0.4) is 0 Å². The predicted molar refractivity (Wildman–Crippen MR) is 85.8 cm³/mol. The molecular formula is C15H22ClNO3S. The molecule has 0 aromatic heterocycles. The van der Waals surface area contributed by atoms with Gasteiger partial charge in [-0.25, -0.2) is 8.42 Å². The van der Waals surface area contributed by atoms with Crippen LogP contribution in [0.1, 0.15) is 31.7 Å². The van der Waals surface area contributed by atoms with Gasteiger partial charge in [-0.05, 0) is 31.4 Å². The molecule has 118 valence electrons. The summed E-state index contributed by atoms with van der Waals surface area (Å²) in [7, 11) is -2.92. The Morgan fingerprint density at radius 2 is 2.14 bits per heavy atom. The molecule has 0 heterocycles. The topological polar surface area (TPSA) is 55.4 Å². The molecule has 0 aliphatic heterocycles. The highest BCUT2D eigenvalue weighted by Gasteiger charge is 2.21. The van der Waals surface area contributed by atoms with E-state index in [-0.39, 0.29) is 11.5 Å². The number of ether oxygens (including phenoxy) is 1. The Kier molecular flexibility index (Phi) is 5.90. The van der Waals surface area contributed by atoms with Gasteiger partial charge in [-0.15, -0.1) is 0 Å². The van der Waals surface area contributed by atoms with Gasteiger partial charge in [0.25, 0.3) is 0 Å². The lowest BCUT2D eigenvalue weighted by atomic mass is 10.2. The molecule has 0 unspecified atom stereocenters. The van der Waals surface area contributed by atoms with Gasteiger partial charge in [0.2, 0.25) is 0 Å². The van der Waals surface area contributed by atoms with Crippen LogP contribution in [0.4, 0.5) is 0 Å². The SMILES string of the molecule is CCS(=O)(=O)CCCOc1cccc(Cl)c1CNC1CC1. The van der Waals surface area contributed by atoms with Gasteiger partial charge in [0.1, 0.15) is 15.6 Å². The number of nitrogens with one attached hydrogen (secondary N) is 1. The van der Waals surface area contributed by atoms with Crippen molar-refractivity contribution in [2.45, 2.75) is 38.8 Å². The summed E-state index contributed by atoms with van der Waals surface area (Å²) in [6, 6.07) is 6.18. The van der Waals surface area contributed by atoms with E-state index in [1.807, 2.05) is 18.2 Å². The lowest BCUT2D eigenvalue weighted by Crippen LogP contribution is -2.17. The Morgan fingerprint density at radius 3 is 2.81 bits per heavy atom. The second kappa shape index (κ2) is 7.47. The van der Waals surface area contributed by atoms with Gasteiger partial charge >= 0.3 is 0 Å². The van der Waals surface area contributed by atoms with Gasteiger partial charge < -0.3 is 10.1 Å². The van der Waals surface area contributed by atoms with E-state index in [9.17, 15) is 8.42 Å². The maximum atomic E-state index is 11.4. The molecule has 0 spiro atoms. The highest BCUT2D eigenvalue weighted by atomic mass is 35.5. The Labute approximate surface area is 131 Å². The minimum absolute atomic E-state index is 0.166. The average molecular weight is 332 g/mol. The van der Waals surface area contributed by atoms with Crippen LogP contribution < -0.4 is 10.1 Å². The van der Waals surface area contributed by atoms with Crippen molar-refractivity contribution in [2.24, 2.45) is 0 Å². The smallest absolute Gasteiger partial charge is 0.150 e. The first-order chi connectivity index (χ1) is 10.0. The summed E-state index contributed by atoms with van der Waals surface area (Å²) in [5.41, 5.74) is 0.949. The maximum Gasteiger partial charge on any atom is 0.150 e. The molecule has 21 heavy (non-hydrogen) atoms. The predicted octanol–water partition coefficient (Wildman–Crippen LogP) is 2.80. The highest BCUT2D eigenvalue weighted by Crippen LogP contribution is 2.28. The maximum absolute atomic E-state index is 11.4. The van der Waals surface area contributed by atoms with Crippen molar-refractivity contribution >= 4 is 21.4 Å². The van der Waals surface area contributed by atoms with Gasteiger partial charge in [0.15, 0.2) is 0 Å². The fraction of sp³-hybridized carbons (Fsp3) is 0.600. The molecule has 1 fully saturated rings. The molecule has 2 rings (SSSR count). The first-order valence-electron chi connectivity index (χ1n) is 7.36. The molecule has 0 radical (unpaired) electrons. The minimum Gasteiger partial charge on any atom is -0.493 e. The van der Waals surface area contributed by atoms with Crippen LogP contribution in [-0.4, -0.2) is 32.6 Å². The quantitative estimate of drug-likeness (QED) is 0.707. The molecule has 4 nitrogen and oxygen atoms in total. The molecule has 1 saturated carbocycles. The van der Waals surface area contributed by atoms with Gasteiger partial charge in [-0.3, -0.25) is 0 Å². The van der Waals surface area contributed by atoms with Gasteiger partial charge in [-0.1, -0.05) is 24.6 Å². The van der Waals surface area contributed by atoms with Crippen molar-refractivity contribution in [1.29, 1.82) is 0 Å². The van der Waals surface area contributed by atoms with Crippen molar-refractivity contribution in [1.82, 2.24) is 5.32 Å². The number of hydrogen-bond acceptors (Lipinski definition) is 4. The first kappa shape index (κ1) is 16.6. The third-order valence-electron chi connectivity index (χ3n) is 3.52. The number of hydrogen-bond donors (Lipinski definition) is 1. The van der Waals surface area contributed by atoms with E-state index in [4.69, 9.17) is 16.3 Å². The summed E-state index contributed by atoms with van der Waals surface area (Å²) in [5, 5.41) is 4.10. The van der Waals surface area contributed by atoms with E-state index in [0.29, 0.717) is 30.6 Å². The summed E-state index contributed by atoms with van der Waals surface area (Å²) >= 11 is 6.23. The molecule has 1 N–H and O–H groups in total. The van der Waals surface area contributed by atoms with Gasteiger partial charge in [0.05, 0.1) is 12.4 Å². The van der Waals surface area contributed by atoms with E-state index < -0.39 is 9.84 Å². The lowest BCUT2D eigenvalue weighted by Gasteiger charge is -2.13. The van der Waals surface area contributed by atoms with Crippen LogP contribution in [0.15, 0.2) is 18.2 Å². The van der Waals surface area contributed by atoms with E-state index in [2.05, 4.69) is 5.32 Å². The van der Waals surface area contributed by atoms with Crippen molar-refractivity contribution in [3.05, 3.63) is 28.8 Å². The van der Waals surface area contributed by atoms with Crippen molar-refractivity contribution in [3.63, 3.8) is 0 Å². The second-order valence-corrected chi connectivity index (χ2v) is 8.19. The largest absolute Gasteiger partial charge is 0.493 e. The molecule has 0 bridgehead atoms. The Morgan fingerprint density at radius 1 is 1.38 bits per heavy atom. The molecule has 1 aromatic rings. The monoisotopic (exact) mass is 331 g/mol. The lowest BCUT2D eigenvalue weighted by molar-refractivity contribution is 0.313. The minimum atomic E-state index is -2.92. The van der Waals surface area contributed by atoms with Gasteiger partial charge in [-0.2, -0.15) is 0 Å². The van der Waals surface area contributed by atoms with Crippen LogP contribution in [-0.2, 0) is 16.4 Å². The fourth-order valence-corrected chi connectivity index (χ4v) is 3.06. The van der Waals surface area contributed by atoms with E-state index >= 15 is 0 Å². The number of benzene rings is 1. The van der Waals surface area contributed by atoms with Gasteiger partial charge in [0, 0.05) is 28.9 Å². The van der Waals surface area contributed by atoms with Crippen LogP contribution in [0, 0.1) is 0 Å². The highest BCUT2D eigenvalue weighted by molar-refractivity contribution is 7.91. The van der Waals surface area contributed by atoms with Crippen LogP contribution >= 0.6 is 11.6 Å². The zero-order chi connectivity index (χ0) is 15.3. The Hall–Kier alpha value is -0.780. The Bertz CT molecular complexity index is 570.